The highest BCUT2D eigenvalue weighted by Gasteiger charge is 2.11. The van der Waals surface area contributed by atoms with Gasteiger partial charge in [-0.1, -0.05) is 0 Å². The summed E-state index contributed by atoms with van der Waals surface area (Å²) in [7, 11) is 0. The second-order valence-corrected chi connectivity index (χ2v) is 2.96. The van der Waals surface area contributed by atoms with E-state index in [4.69, 9.17) is 4.42 Å². The van der Waals surface area contributed by atoms with Gasteiger partial charge in [0.15, 0.2) is 4.67 Å². The van der Waals surface area contributed by atoms with Gasteiger partial charge < -0.3 is 4.42 Å². The smallest absolute Gasteiger partial charge is 0.274 e. The molecular formula is C7H7BrN2O3. The molecule has 0 aliphatic heterocycles. The van der Waals surface area contributed by atoms with Gasteiger partial charge in [0.25, 0.3) is 5.91 Å². The van der Waals surface area contributed by atoms with Crippen molar-refractivity contribution in [1.82, 2.24) is 10.9 Å². The number of halogens is 1. The molecule has 0 bridgehead atoms. The summed E-state index contributed by atoms with van der Waals surface area (Å²) in [6.45, 7) is 1.30. The molecule has 0 spiro atoms. The van der Waals surface area contributed by atoms with Crippen molar-refractivity contribution in [3.8, 4) is 0 Å². The van der Waals surface area contributed by atoms with Crippen molar-refractivity contribution in [2.45, 2.75) is 6.92 Å². The van der Waals surface area contributed by atoms with Gasteiger partial charge in [-0.25, -0.2) is 0 Å². The summed E-state index contributed by atoms with van der Waals surface area (Å²) in [6, 6.07) is 1.49. The maximum Gasteiger partial charge on any atom is 0.274 e. The summed E-state index contributed by atoms with van der Waals surface area (Å²) in [6.07, 6.45) is 1.37. The van der Waals surface area contributed by atoms with Crippen LogP contribution in [0.25, 0.3) is 0 Å². The van der Waals surface area contributed by atoms with Crippen LogP contribution in [-0.4, -0.2) is 11.8 Å². The minimum atomic E-state index is -0.434. The molecule has 0 fully saturated rings. The average molecular weight is 247 g/mol. The molecule has 0 saturated carbocycles. The SMILES string of the molecule is CC(=O)NNC(=O)c1ccoc1Br. The molecule has 0 aromatic carbocycles. The van der Waals surface area contributed by atoms with E-state index in [-0.39, 0.29) is 5.91 Å². The molecule has 1 aromatic rings. The highest BCUT2D eigenvalue weighted by atomic mass is 79.9. The van der Waals surface area contributed by atoms with Crippen molar-refractivity contribution in [1.29, 1.82) is 0 Å². The lowest BCUT2D eigenvalue weighted by atomic mass is 10.3. The minimum absolute atomic E-state index is 0.328. The molecule has 0 saturated heterocycles. The lowest BCUT2D eigenvalue weighted by Gasteiger charge is -2.02. The van der Waals surface area contributed by atoms with E-state index < -0.39 is 5.91 Å². The molecule has 5 nitrogen and oxygen atoms in total. The van der Waals surface area contributed by atoms with Crippen LogP contribution in [0.4, 0.5) is 0 Å². The summed E-state index contributed by atoms with van der Waals surface area (Å²) < 4.78 is 5.16. The molecule has 1 aromatic heterocycles. The predicted octanol–water partition coefficient (Wildman–Crippen LogP) is 0.823. The van der Waals surface area contributed by atoms with Crippen molar-refractivity contribution in [2.75, 3.05) is 0 Å². The molecule has 1 rings (SSSR count). The normalized spacial score (nSPS) is 9.38. The molecule has 0 aliphatic rings. The fourth-order valence-corrected chi connectivity index (χ4v) is 1.09. The first kappa shape index (κ1) is 9.79. The van der Waals surface area contributed by atoms with Crippen LogP contribution in [0.15, 0.2) is 21.4 Å². The standard InChI is InChI=1S/C7H7BrN2O3/c1-4(11)9-10-7(12)5-2-3-13-6(5)8/h2-3H,1H3,(H,9,11)(H,10,12). The van der Waals surface area contributed by atoms with Gasteiger partial charge in [0, 0.05) is 6.92 Å². The van der Waals surface area contributed by atoms with Crippen molar-refractivity contribution < 1.29 is 14.0 Å². The summed E-state index contributed by atoms with van der Waals surface area (Å²) in [5, 5.41) is 0. The fourth-order valence-electron chi connectivity index (χ4n) is 0.668. The van der Waals surface area contributed by atoms with Gasteiger partial charge in [-0.2, -0.15) is 0 Å². The highest BCUT2D eigenvalue weighted by molar-refractivity contribution is 9.10. The first-order chi connectivity index (χ1) is 6.11. The topological polar surface area (TPSA) is 71.3 Å². The number of amides is 2. The van der Waals surface area contributed by atoms with Crippen molar-refractivity contribution in [3.05, 3.63) is 22.6 Å². The Bertz CT molecular complexity index is 334. The molecule has 1 heterocycles. The zero-order chi connectivity index (χ0) is 9.84. The molecule has 0 unspecified atom stereocenters. The predicted molar refractivity (Wildman–Crippen MR) is 47.7 cm³/mol. The zero-order valence-corrected chi connectivity index (χ0v) is 8.34. The van der Waals surface area contributed by atoms with Gasteiger partial charge in [0.1, 0.15) is 0 Å². The molecule has 2 amide bonds. The van der Waals surface area contributed by atoms with Gasteiger partial charge in [0.2, 0.25) is 5.91 Å². The maximum absolute atomic E-state index is 11.2. The molecule has 0 radical (unpaired) electrons. The zero-order valence-electron chi connectivity index (χ0n) is 6.76. The number of hydrogen-bond acceptors (Lipinski definition) is 3. The van der Waals surface area contributed by atoms with Crippen LogP contribution in [0.3, 0.4) is 0 Å². The number of hydrazine groups is 1. The van der Waals surface area contributed by atoms with Gasteiger partial charge in [-0.3, -0.25) is 20.4 Å². The third kappa shape index (κ3) is 2.59. The Labute approximate surface area is 82.6 Å². The van der Waals surface area contributed by atoms with Gasteiger partial charge in [-0.15, -0.1) is 0 Å². The summed E-state index contributed by atoms with van der Waals surface area (Å²) in [5.41, 5.74) is 4.68. The van der Waals surface area contributed by atoms with Gasteiger partial charge >= 0.3 is 0 Å². The first-order valence-electron chi connectivity index (χ1n) is 3.41. The third-order valence-corrected chi connectivity index (χ3v) is 1.83. The highest BCUT2D eigenvalue weighted by Crippen LogP contribution is 2.16. The number of rotatable bonds is 1. The average Bonchev–Trinajstić information content (AvgIpc) is 2.47. The van der Waals surface area contributed by atoms with Crippen LogP contribution >= 0.6 is 15.9 Å². The third-order valence-electron chi connectivity index (χ3n) is 1.21. The van der Waals surface area contributed by atoms with Crippen molar-refractivity contribution in [2.24, 2.45) is 0 Å². The minimum Gasteiger partial charge on any atom is -0.457 e. The molecule has 13 heavy (non-hydrogen) atoms. The van der Waals surface area contributed by atoms with E-state index in [1.807, 2.05) is 0 Å². The van der Waals surface area contributed by atoms with Gasteiger partial charge in [0.05, 0.1) is 11.8 Å². The number of carbonyl (C=O) groups excluding carboxylic acids is 2. The van der Waals surface area contributed by atoms with E-state index in [1.54, 1.807) is 0 Å². The van der Waals surface area contributed by atoms with E-state index in [0.717, 1.165) is 0 Å². The lowest BCUT2D eigenvalue weighted by Crippen LogP contribution is -2.40. The van der Waals surface area contributed by atoms with E-state index in [0.29, 0.717) is 10.2 Å². The van der Waals surface area contributed by atoms with Crippen LogP contribution in [-0.2, 0) is 4.79 Å². The Morgan fingerprint density at radius 3 is 2.62 bits per heavy atom. The Balaban J connectivity index is 2.59. The first-order valence-corrected chi connectivity index (χ1v) is 4.20. The molecule has 2 N–H and O–H groups in total. The van der Waals surface area contributed by atoms with E-state index >= 15 is 0 Å². The fraction of sp³-hybridized carbons (Fsp3) is 0.143. The summed E-state index contributed by atoms with van der Waals surface area (Å²) >= 11 is 3.03. The maximum atomic E-state index is 11.2. The van der Waals surface area contributed by atoms with Crippen molar-refractivity contribution >= 4 is 27.7 Å². The molecule has 6 heteroatoms. The second kappa shape index (κ2) is 4.08. The Hall–Kier alpha value is -1.30. The lowest BCUT2D eigenvalue weighted by molar-refractivity contribution is -0.119. The monoisotopic (exact) mass is 246 g/mol. The molecule has 0 aliphatic carbocycles. The number of hydrogen-bond donors (Lipinski definition) is 2. The van der Waals surface area contributed by atoms with Crippen LogP contribution in [0.1, 0.15) is 17.3 Å². The van der Waals surface area contributed by atoms with E-state index in [9.17, 15) is 9.59 Å². The van der Waals surface area contributed by atoms with E-state index in [1.165, 1.54) is 19.3 Å². The van der Waals surface area contributed by atoms with Crippen molar-refractivity contribution in [3.63, 3.8) is 0 Å². The largest absolute Gasteiger partial charge is 0.457 e. The second-order valence-electron chi connectivity index (χ2n) is 2.24. The van der Waals surface area contributed by atoms with Crippen LogP contribution in [0.5, 0.6) is 0 Å². The number of furan rings is 1. The Kier molecular flexibility index (Phi) is 3.07. The van der Waals surface area contributed by atoms with Crippen LogP contribution in [0.2, 0.25) is 0 Å². The molecular weight excluding hydrogens is 240 g/mol. The van der Waals surface area contributed by atoms with Gasteiger partial charge in [-0.05, 0) is 22.0 Å². The summed E-state index contributed by atoms with van der Waals surface area (Å²) in [5.74, 6) is -0.774. The number of carbonyl (C=O) groups is 2. The number of nitrogens with one attached hydrogen (secondary N) is 2. The van der Waals surface area contributed by atoms with Crippen LogP contribution < -0.4 is 10.9 Å². The quantitative estimate of drug-likeness (QED) is 0.722. The molecule has 70 valence electrons. The summed E-state index contributed by atoms with van der Waals surface area (Å²) in [4.78, 5) is 21.7. The van der Waals surface area contributed by atoms with E-state index in [2.05, 4.69) is 26.8 Å². The Morgan fingerprint density at radius 1 is 1.46 bits per heavy atom. The Morgan fingerprint density at radius 2 is 2.15 bits per heavy atom. The van der Waals surface area contributed by atoms with Crippen LogP contribution in [0, 0.1) is 0 Å². The molecule has 0 atom stereocenters.